The molecule has 0 atom stereocenters. The molecule has 0 aliphatic rings. The summed E-state index contributed by atoms with van der Waals surface area (Å²) < 4.78 is 3.08. The van der Waals surface area contributed by atoms with E-state index >= 15 is 0 Å². The van der Waals surface area contributed by atoms with Gasteiger partial charge in [0.05, 0.1) is 11.9 Å². The molecule has 130 valence electrons. The van der Waals surface area contributed by atoms with Crippen LogP contribution in [-0.4, -0.2) is 39.3 Å². The highest BCUT2D eigenvalue weighted by atomic mass is 35.5. The first-order chi connectivity index (χ1) is 11.9. The molecule has 0 aliphatic carbocycles. The Labute approximate surface area is 149 Å². The summed E-state index contributed by atoms with van der Waals surface area (Å²) in [6, 6.07) is 7.66. The van der Waals surface area contributed by atoms with Gasteiger partial charge in [0.25, 0.3) is 5.56 Å². The molecule has 0 bridgehead atoms. The average Bonchev–Trinajstić information content (AvgIpc) is 2.97. The third kappa shape index (κ3) is 3.36. The van der Waals surface area contributed by atoms with E-state index in [1.54, 1.807) is 26.0 Å². The number of carbonyl (C=O) groups excluding carboxylic acids is 1. The average molecular weight is 360 g/mol. The number of nitrogens with zero attached hydrogens (tertiary/aromatic N) is 4. The third-order valence-electron chi connectivity index (χ3n) is 3.93. The molecule has 0 saturated carbocycles. The molecule has 0 saturated heterocycles. The fourth-order valence-electron chi connectivity index (χ4n) is 2.46. The minimum Gasteiger partial charge on any atom is -0.353 e. The Hall–Kier alpha value is -2.80. The summed E-state index contributed by atoms with van der Waals surface area (Å²) >= 11 is 6.08. The van der Waals surface area contributed by atoms with E-state index in [0.717, 1.165) is 16.6 Å². The SMILES string of the molecule is CN(C)C(=O)Cn1ccc2cc(Nc3cnn(C)c(=O)c3Cl)ccc21. The normalized spacial score (nSPS) is 10.9. The van der Waals surface area contributed by atoms with Gasteiger partial charge in [0.1, 0.15) is 11.6 Å². The Kier molecular flexibility index (Phi) is 4.50. The van der Waals surface area contributed by atoms with Crippen LogP contribution in [0.25, 0.3) is 10.9 Å². The summed E-state index contributed by atoms with van der Waals surface area (Å²) in [5.74, 6) is 0.0256. The quantitative estimate of drug-likeness (QED) is 0.775. The maximum absolute atomic E-state index is 11.9. The van der Waals surface area contributed by atoms with E-state index in [9.17, 15) is 9.59 Å². The van der Waals surface area contributed by atoms with Crippen LogP contribution in [0.4, 0.5) is 11.4 Å². The molecule has 2 aromatic heterocycles. The first-order valence-corrected chi connectivity index (χ1v) is 8.02. The highest BCUT2D eigenvalue weighted by molar-refractivity contribution is 6.33. The van der Waals surface area contributed by atoms with Gasteiger partial charge in [0, 0.05) is 43.9 Å². The molecule has 0 aliphatic heterocycles. The molecule has 0 unspecified atom stereocenters. The first-order valence-electron chi connectivity index (χ1n) is 7.64. The third-order valence-corrected chi connectivity index (χ3v) is 4.30. The van der Waals surface area contributed by atoms with Gasteiger partial charge in [-0.2, -0.15) is 5.10 Å². The second-order valence-electron chi connectivity index (χ2n) is 5.93. The van der Waals surface area contributed by atoms with E-state index in [4.69, 9.17) is 11.6 Å². The molecule has 1 aromatic carbocycles. The number of nitrogens with one attached hydrogen (secondary N) is 1. The minimum absolute atomic E-state index is 0.0256. The van der Waals surface area contributed by atoms with Crippen LogP contribution in [0.15, 0.2) is 41.5 Å². The largest absolute Gasteiger partial charge is 0.353 e. The predicted molar refractivity (Wildman–Crippen MR) is 98.4 cm³/mol. The van der Waals surface area contributed by atoms with Crippen LogP contribution >= 0.6 is 11.6 Å². The van der Waals surface area contributed by atoms with Crippen LogP contribution in [0, 0.1) is 0 Å². The zero-order chi connectivity index (χ0) is 18.1. The fourth-order valence-corrected chi connectivity index (χ4v) is 2.67. The Bertz CT molecular complexity index is 1010. The first kappa shape index (κ1) is 17.0. The highest BCUT2D eigenvalue weighted by Crippen LogP contribution is 2.25. The molecule has 1 amide bonds. The zero-order valence-corrected chi connectivity index (χ0v) is 14.9. The molecule has 0 radical (unpaired) electrons. The van der Waals surface area contributed by atoms with Crippen molar-refractivity contribution in [2.45, 2.75) is 6.54 Å². The van der Waals surface area contributed by atoms with Gasteiger partial charge in [-0.05, 0) is 24.3 Å². The second-order valence-corrected chi connectivity index (χ2v) is 6.31. The Morgan fingerprint density at radius 2 is 2.08 bits per heavy atom. The van der Waals surface area contributed by atoms with Crippen LogP contribution in [0.5, 0.6) is 0 Å². The fraction of sp³-hybridized carbons (Fsp3) is 0.235. The van der Waals surface area contributed by atoms with E-state index in [0.29, 0.717) is 5.69 Å². The van der Waals surface area contributed by atoms with Crippen molar-refractivity contribution < 1.29 is 4.79 Å². The molecule has 8 heteroatoms. The Balaban J connectivity index is 1.89. The number of carbonyl (C=O) groups is 1. The molecule has 2 heterocycles. The number of fused-ring (bicyclic) bond motifs is 1. The number of benzene rings is 1. The lowest BCUT2D eigenvalue weighted by molar-refractivity contribution is -0.129. The van der Waals surface area contributed by atoms with Crippen LogP contribution < -0.4 is 10.9 Å². The number of halogens is 1. The van der Waals surface area contributed by atoms with Crippen LogP contribution in [0.3, 0.4) is 0 Å². The summed E-state index contributed by atoms with van der Waals surface area (Å²) in [5, 5.41) is 8.14. The maximum atomic E-state index is 11.9. The lowest BCUT2D eigenvalue weighted by Crippen LogP contribution is -2.25. The molecular weight excluding hydrogens is 342 g/mol. The Morgan fingerprint density at radius 1 is 1.32 bits per heavy atom. The van der Waals surface area contributed by atoms with Gasteiger partial charge in [-0.15, -0.1) is 0 Å². The van der Waals surface area contributed by atoms with Crippen LogP contribution in [0.1, 0.15) is 0 Å². The standard InChI is InChI=1S/C17H18ClN5O2/c1-21(2)15(24)10-23-7-6-11-8-12(4-5-14(11)23)20-13-9-19-22(3)17(25)16(13)18/h4-9,20H,10H2,1-3H3. The highest BCUT2D eigenvalue weighted by Gasteiger charge is 2.10. The number of aromatic nitrogens is 3. The smallest absolute Gasteiger partial charge is 0.287 e. The van der Waals surface area contributed by atoms with Crippen molar-refractivity contribution in [1.82, 2.24) is 19.2 Å². The van der Waals surface area contributed by atoms with Crippen LogP contribution in [-0.2, 0) is 18.4 Å². The van der Waals surface area contributed by atoms with Gasteiger partial charge in [-0.25, -0.2) is 4.68 Å². The number of hydrogen-bond acceptors (Lipinski definition) is 4. The van der Waals surface area contributed by atoms with Crippen LogP contribution in [0.2, 0.25) is 5.02 Å². The number of aryl methyl sites for hydroxylation is 1. The van der Waals surface area contributed by atoms with E-state index in [1.165, 1.54) is 10.9 Å². The summed E-state index contributed by atoms with van der Waals surface area (Å²) in [4.78, 5) is 25.3. The molecule has 3 rings (SSSR count). The summed E-state index contributed by atoms with van der Waals surface area (Å²) in [6.45, 7) is 0.285. The van der Waals surface area contributed by atoms with E-state index in [1.807, 2.05) is 35.0 Å². The van der Waals surface area contributed by atoms with Crippen molar-refractivity contribution in [1.29, 1.82) is 0 Å². The molecule has 0 spiro atoms. The monoisotopic (exact) mass is 359 g/mol. The van der Waals surface area contributed by atoms with Crippen molar-refractivity contribution in [3.63, 3.8) is 0 Å². The summed E-state index contributed by atoms with van der Waals surface area (Å²) in [5.41, 5.74) is 1.82. The van der Waals surface area contributed by atoms with Crippen molar-refractivity contribution >= 4 is 39.8 Å². The number of amides is 1. The minimum atomic E-state index is -0.360. The number of likely N-dealkylation sites (N-methyl/N-ethyl adjacent to an activating group) is 1. The Morgan fingerprint density at radius 3 is 2.80 bits per heavy atom. The van der Waals surface area contributed by atoms with E-state index < -0.39 is 0 Å². The maximum Gasteiger partial charge on any atom is 0.287 e. The molecular formula is C17H18ClN5O2. The molecule has 1 N–H and O–H groups in total. The van der Waals surface area contributed by atoms with Gasteiger partial charge < -0.3 is 14.8 Å². The summed E-state index contributed by atoms with van der Waals surface area (Å²) in [6.07, 6.45) is 3.39. The predicted octanol–water partition coefficient (Wildman–Crippen LogP) is 2.22. The van der Waals surface area contributed by atoms with Crippen molar-refractivity contribution in [2.24, 2.45) is 7.05 Å². The van der Waals surface area contributed by atoms with Gasteiger partial charge in [0.15, 0.2) is 0 Å². The van der Waals surface area contributed by atoms with Crippen molar-refractivity contribution in [3.8, 4) is 0 Å². The van der Waals surface area contributed by atoms with Gasteiger partial charge >= 0.3 is 0 Å². The second kappa shape index (κ2) is 6.60. The molecule has 0 fully saturated rings. The number of anilines is 2. The van der Waals surface area contributed by atoms with Gasteiger partial charge in [-0.3, -0.25) is 9.59 Å². The van der Waals surface area contributed by atoms with Gasteiger partial charge in [0.2, 0.25) is 5.91 Å². The zero-order valence-electron chi connectivity index (χ0n) is 14.2. The molecule has 25 heavy (non-hydrogen) atoms. The van der Waals surface area contributed by atoms with Crippen molar-refractivity contribution in [3.05, 3.63) is 52.0 Å². The topological polar surface area (TPSA) is 72.2 Å². The summed E-state index contributed by atoms with van der Waals surface area (Å²) in [7, 11) is 5.01. The van der Waals surface area contributed by atoms with E-state index in [2.05, 4.69) is 10.4 Å². The molecule has 3 aromatic rings. The number of hydrogen-bond donors (Lipinski definition) is 1. The lowest BCUT2D eigenvalue weighted by Gasteiger charge is -2.12. The van der Waals surface area contributed by atoms with E-state index in [-0.39, 0.29) is 23.0 Å². The molecule has 7 nitrogen and oxygen atoms in total. The van der Waals surface area contributed by atoms with Crippen molar-refractivity contribution in [2.75, 3.05) is 19.4 Å². The number of rotatable bonds is 4. The lowest BCUT2D eigenvalue weighted by atomic mass is 10.2. The van der Waals surface area contributed by atoms with Gasteiger partial charge in [-0.1, -0.05) is 11.6 Å².